The van der Waals surface area contributed by atoms with Gasteiger partial charge in [-0.1, -0.05) is 70.4 Å². The smallest absolute Gasteiger partial charge is 0.329 e. The summed E-state index contributed by atoms with van der Waals surface area (Å²) < 4.78 is 5.46. The molecule has 2 fully saturated rings. The standard InChI is InChI=1S/C24H36N2O3/c1-5-29-23(28)21-18(24(2,3)4)19(25)20(16-12-8-6-9-13-16)26(21)22(27)17-14-10-7-11-15-17/h6,8-9,12-13,17-21H,5,7,10-11,14-15,25H2,1-4H3. The number of nitrogens with two attached hydrogens (primary N) is 1. The molecule has 4 unspecified atom stereocenters. The number of ether oxygens (including phenoxy) is 1. The minimum Gasteiger partial charge on any atom is -0.464 e. The molecule has 0 spiro atoms. The molecule has 1 aliphatic heterocycles. The number of likely N-dealkylation sites (tertiary alicyclic amines) is 1. The van der Waals surface area contributed by atoms with E-state index in [0.29, 0.717) is 6.61 Å². The van der Waals surface area contributed by atoms with Gasteiger partial charge in [-0.3, -0.25) is 4.79 Å². The third-order valence-electron chi connectivity index (χ3n) is 6.60. The minimum absolute atomic E-state index is 0.0298. The van der Waals surface area contributed by atoms with Gasteiger partial charge >= 0.3 is 5.97 Å². The summed E-state index contributed by atoms with van der Waals surface area (Å²) in [5.74, 6) is -0.471. The van der Waals surface area contributed by atoms with Crippen LogP contribution in [0.25, 0.3) is 0 Å². The van der Waals surface area contributed by atoms with Crippen LogP contribution in [0.15, 0.2) is 30.3 Å². The number of carbonyl (C=O) groups is 2. The number of carbonyl (C=O) groups excluding carboxylic acids is 2. The Hall–Kier alpha value is -1.88. The van der Waals surface area contributed by atoms with Crippen LogP contribution in [0.1, 0.15) is 71.4 Å². The van der Waals surface area contributed by atoms with Crippen molar-refractivity contribution in [3.63, 3.8) is 0 Å². The molecule has 4 atom stereocenters. The molecule has 0 aromatic heterocycles. The summed E-state index contributed by atoms with van der Waals surface area (Å²) >= 11 is 0. The molecular weight excluding hydrogens is 364 g/mol. The predicted octanol–water partition coefficient (Wildman–Crippen LogP) is 4.07. The van der Waals surface area contributed by atoms with Crippen molar-refractivity contribution < 1.29 is 14.3 Å². The van der Waals surface area contributed by atoms with Crippen molar-refractivity contribution in [3.05, 3.63) is 35.9 Å². The lowest BCUT2D eigenvalue weighted by molar-refractivity contribution is -0.158. The summed E-state index contributed by atoms with van der Waals surface area (Å²) in [7, 11) is 0. The summed E-state index contributed by atoms with van der Waals surface area (Å²) in [4.78, 5) is 28.7. The van der Waals surface area contributed by atoms with Crippen LogP contribution >= 0.6 is 0 Å². The van der Waals surface area contributed by atoms with Crippen molar-refractivity contribution in [1.82, 2.24) is 4.90 Å². The number of benzene rings is 1. The van der Waals surface area contributed by atoms with E-state index in [9.17, 15) is 9.59 Å². The SMILES string of the molecule is CCOC(=O)C1C(C(C)(C)C)C(N)C(c2ccccc2)N1C(=O)C1CCCCC1. The molecule has 1 heterocycles. The average Bonchev–Trinajstić information content (AvgIpc) is 3.02. The van der Waals surface area contributed by atoms with Crippen molar-refractivity contribution >= 4 is 11.9 Å². The van der Waals surface area contributed by atoms with E-state index in [-0.39, 0.29) is 41.2 Å². The van der Waals surface area contributed by atoms with E-state index in [1.807, 2.05) is 35.2 Å². The van der Waals surface area contributed by atoms with Gasteiger partial charge in [-0.2, -0.15) is 0 Å². The topological polar surface area (TPSA) is 72.6 Å². The molecule has 1 amide bonds. The zero-order chi connectivity index (χ0) is 21.2. The Bertz CT molecular complexity index is 707. The fourth-order valence-electron chi connectivity index (χ4n) is 5.34. The van der Waals surface area contributed by atoms with Crippen molar-refractivity contribution in [3.8, 4) is 0 Å². The minimum atomic E-state index is -0.649. The van der Waals surface area contributed by atoms with Crippen LogP contribution in [0, 0.1) is 17.3 Å². The first kappa shape index (κ1) is 21.8. The van der Waals surface area contributed by atoms with Crippen molar-refractivity contribution in [2.24, 2.45) is 23.0 Å². The second kappa shape index (κ2) is 8.86. The summed E-state index contributed by atoms with van der Waals surface area (Å²) in [6.45, 7) is 8.39. The highest BCUT2D eigenvalue weighted by molar-refractivity contribution is 5.88. The predicted molar refractivity (Wildman–Crippen MR) is 114 cm³/mol. The second-order valence-electron chi connectivity index (χ2n) is 9.60. The van der Waals surface area contributed by atoms with Gasteiger partial charge in [0.2, 0.25) is 5.91 Å². The van der Waals surface area contributed by atoms with Gasteiger partial charge in [-0.25, -0.2) is 4.79 Å². The largest absolute Gasteiger partial charge is 0.464 e. The van der Waals surface area contributed by atoms with Gasteiger partial charge in [-0.05, 0) is 30.7 Å². The van der Waals surface area contributed by atoms with Crippen LogP contribution < -0.4 is 5.73 Å². The molecule has 0 bridgehead atoms. The molecule has 1 saturated heterocycles. The zero-order valence-electron chi connectivity index (χ0n) is 18.3. The van der Waals surface area contributed by atoms with Crippen molar-refractivity contribution in [1.29, 1.82) is 0 Å². The number of hydrogen-bond donors (Lipinski definition) is 1. The van der Waals surface area contributed by atoms with Gasteiger partial charge in [0.05, 0.1) is 12.6 Å². The summed E-state index contributed by atoms with van der Waals surface area (Å²) in [5.41, 5.74) is 7.57. The number of hydrogen-bond acceptors (Lipinski definition) is 4. The number of nitrogens with zero attached hydrogens (tertiary/aromatic N) is 1. The monoisotopic (exact) mass is 400 g/mol. The summed E-state index contributed by atoms with van der Waals surface area (Å²) in [6, 6.07) is 8.62. The molecule has 0 radical (unpaired) electrons. The first-order valence-corrected chi connectivity index (χ1v) is 11.1. The van der Waals surface area contributed by atoms with E-state index in [0.717, 1.165) is 31.2 Å². The van der Waals surface area contributed by atoms with E-state index in [2.05, 4.69) is 20.8 Å². The van der Waals surface area contributed by atoms with Gasteiger partial charge in [0.25, 0.3) is 0 Å². The molecule has 29 heavy (non-hydrogen) atoms. The van der Waals surface area contributed by atoms with Gasteiger partial charge in [0, 0.05) is 17.9 Å². The Morgan fingerprint density at radius 1 is 1.10 bits per heavy atom. The van der Waals surface area contributed by atoms with Crippen LogP contribution in [-0.4, -0.2) is 35.5 Å². The lowest BCUT2D eigenvalue weighted by atomic mass is 9.73. The van der Waals surface area contributed by atoms with Gasteiger partial charge < -0.3 is 15.4 Å². The van der Waals surface area contributed by atoms with E-state index >= 15 is 0 Å². The summed E-state index contributed by atoms with van der Waals surface area (Å²) in [6.07, 6.45) is 5.10. The second-order valence-corrected chi connectivity index (χ2v) is 9.60. The Balaban J connectivity index is 2.09. The van der Waals surface area contributed by atoms with Crippen LogP contribution in [-0.2, 0) is 14.3 Å². The quantitative estimate of drug-likeness (QED) is 0.773. The number of rotatable bonds is 4. The maximum atomic E-state index is 13.8. The molecule has 3 rings (SSSR count). The maximum Gasteiger partial charge on any atom is 0.329 e. The van der Waals surface area contributed by atoms with Crippen LogP contribution in [0.4, 0.5) is 0 Å². The van der Waals surface area contributed by atoms with E-state index in [1.165, 1.54) is 6.42 Å². The lowest BCUT2D eigenvalue weighted by Crippen LogP contribution is -2.50. The lowest BCUT2D eigenvalue weighted by Gasteiger charge is -2.36. The molecule has 2 N–H and O–H groups in total. The number of amides is 1. The highest BCUT2D eigenvalue weighted by Crippen LogP contribution is 2.48. The highest BCUT2D eigenvalue weighted by Gasteiger charge is 2.57. The Kier molecular flexibility index (Phi) is 6.67. The first-order chi connectivity index (χ1) is 13.8. The van der Waals surface area contributed by atoms with Gasteiger partial charge in [0.1, 0.15) is 6.04 Å². The fourth-order valence-corrected chi connectivity index (χ4v) is 5.34. The van der Waals surface area contributed by atoms with Crippen LogP contribution in [0.3, 0.4) is 0 Å². The van der Waals surface area contributed by atoms with E-state index < -0.39 is 6.04 Å². The zero-order valence-corrected chi connectivity index (χ0v) is 18.3. The fraction of sp³-hybridized carbons (Fsp3) is 0.667. The molecular formula is C24H36N2O3. The Morgan fingerprint density at radius 3 is 2.28 bits per heavy atom. The van der Waals surface area contributed by atoms with E-state index in [1.54, 1.807) is 6.92 Å². The van der Waals surface area contributed by atoms with Gasteiger partial charge in [0.15, 0.2) is 0 Å². The molecule has 5 nitrogen and oxygen atoms in total. The van der Waals surface area contributed by atoms with Crippen LogP contribution in [0.5, 0.6) is 0 Å². The molecule has 1 aliphatic carbocycles. The molecule has 1 aromatic rings. The number of esters is 1. The molecule has 2 aliphatic rings. The normalized spacial score (nSPS) is 28.4. The molecule has 1 aromatic carbocycles. The average molecular weight is 401 g/mol. The van der Waals surface area contributed by atoms with Gasteiger partial charge in [-0.15, -0.1) is 0 Å². The molecule has 1 saturated carbocycles. The molecule has 160 valence electrons. The molecule has 5 heteroatoms. The Labute approximate surface area is 175 Å². The third-order valence-corrected chi connectivity index (χ3v) is 6.60. The van der Waals surface area contributed by atoms with E-state index in [4.69, 9.17) is 10.5 Å². The third kappa shape index (κ3) is 4.35. The van der Waals surface area contributed by atoms with Crippen molar-refractivity contribution in [2.75, 3.05) is 6.61 Å². The summed E-state index contributed by atoms with van der Waals surface area (Å²) in [5, 5.41) is 0. The first-order valence-electron chi connectivity index (χ1n) is 11.1. The Morgan fingerprint density at radius 2 is 1.72 bits per heavy atom. The van der Waals surface area contributed by atoms with Crippen molar-refractivity contribution in [2.45, 2.75) is 77.9 Å². The van der Waals surface area contributed by atoms with Crippen LogP contribution in [0.2, 0.25) is 0 Å². The highest BCUT2D eigenvalue weighted by atomic mass is 16.5. The maximum absolute atomic E-state index is 13.8.